The van der Waals surface area contributed by atoms with Gasteiger partial charge in [0.2, 0.25) is 11.0 Å². The number of thioether (sulfide) groups is 2. The molecule has 1 aliphatic rings. The molecule has 1 aliphatic heterocycles. The average Bonchev–Trinajstić information content (AvgIpc) is 3.44. The molecule has 48 heavy (non-hydrogen) atoms. The van der Waals surface area contributed by atoms with Crippen molar-refractivity contribution < 1.29 is 33.2 Å². The molecule has 2 heterocycles. The predicted molar refractivity (Wildman–Crippen MR) is 192 cm³/mol. The molecular formula is C33H43N3O8S3Si. The maximum absolute atomic E-state index is 14.2. The second-order valence-electron chi connectivity index (χ2n) is 13.8. The Hall–Kier alpha value is -3.16. The van der Waals surface area contributed by atoms with Crippen LogP contribution < -0.4 is 4.74 Å². The molecule has 2 aromatic rings. The Morgan fingerprint density at radius 1 is 1.15 bits per heavy atom. The zero-order chi connectivity index (χ0) is 36.2. The maximum atomic E-state index is 14.2. The minimum atomic E-state index is -2.27. The number of β-lactam (4-membered cyclic amide) rings is 1. The maximum Gasteiger partial charge on any atom is 0.359 e. The van der Waals surface area contributed by atoms with E-state index < -0.39 is 42.0 Å². The first-order valence-electron chi connectivity index (χ1n) is 15.4. The zero-order valence-electron chi connectivity index (χ0n) is 28.9. The lowest BCUT2D eigenvalue weighted by atomic mass is 9.92. The van der Waals surface area contributed by atoms with Gasteiger partial charge in [-0.05, 0) is 71.7 Å². The molecule has 3 atom stereocenters. The van der Waals surface area contributed by atoms with Crippen LogP contribution in [0.1, 0.15) is 65.8 Å². The number of ether oxygens (including phenoxy) is 2. The Labute approximate surface area is 295 Å². The second-order valence-corrected chi connectivity index (χ2v) is 21.8. The van der Waals surface area contributed by atoms with Crippen LogP contribution >= 0.6 is 34.9 Å². The van der Waals surface area contributed by atoms with Crippen LogP contribution in [-0.2, 0) is 30.2 Å². The van der Waals surface area contributed by atoms with Gasteiger partial charge in [0.15, 0.2) is 24.9 Å². The number of hydrogen-bond acceptors (Lipinski definition) is 12. The van der Waals surface area contributed by atoms with E-state index in [9.17, 15) is 29.8 Å². The monoisotopic (exact) mass is 733 g/mol. The number of likely N-dealkylation sites (tertiary alicyclic amines) is 1. The van der Waals surface area contributed by atoms with E-state index in [1.165, 1.54) is 40.9 Å². The molecular weight excluding hydrogens is 691 g/mol. The number of esters is 1. The number of nitro groups is 1. The fourth-order valence-electron chi connectivity index (χ4n) is 4.35. The number of nitriles is 1. The summed E-state index contributed by atoms with van der Waals surface area (Å²) in [7, 11) is -2.27. The molecule has 3 rings (SSSR count). The van der Waals surface area contributed by atoms with Crippen molar-refractivity contribution in [2.75, 3.05) is 5.75 Å². The Morgan fingerprint density at radius 2 is 1.77 bits per heavy atom. The highest BCUT2D eigenvalue weighted by Crippen LogP contribution is 2.46. The first kappa shape index (κ1) is 39.3. The number of amides is 1. The first-order chi connectivity index (χ1) is 22.2. The second kappa shape index (κ2) is 15.6. The lowest BCUT2D eigenvalue weighted by Crippen LogP contribution is -2.64. The van der Waals surface area contributed by atoms with Crippen molar-refractivity contribution in [3.63, 3.8) is 0 Å². The molecule has 0 unspecified atom stereocenters. The van der Waals surface area contributed by atoms with E-state index in [0.717, 1.165) is 11.3 Å². The minimum absolute atomic E-state index is 0.0994. The molecule has 0 aliphatic carbocycles. The molecule has 0 saturated carbocycles. The van der Waals surface area contributed by atoms with Gasteiger partial charge in [0.05, 0.1) is 22.3 Å². The molecule has 1 aromatic heterocycles. The molecule has 260 valence electrons. The number of benzene rings is 1. The molecule has 0 N–H and O–H groups in total. The van der Waals surface area contributed by atoms with Crippen LogP contribution in [0.25, 0.3) is 0 Å². The minimum Gasteiger partial charge on any atom is -0.456 e. The normalized spacial score (nSPS) is 17.9. The number of nitro benzene ring substituents is 1. The van der Waals surface area contributed by atoms with Crippen molar-refractivity contribution in [1.82, 2.24) is 4.90 Å². The standard InChI is InChI=1S/C33H43N3O8S3Si/c1-11-45-28-25(20(2)44-48(9,10)33(6,7)8)27(37)35(28)26(29(38)42-19-21-12-14-22(15-13-21)36(40)41)30(47-31(39)32(3,4)5)43-23-16-17-46-24(23)18-34/h12-17,20,25,28H,11,19H2,1-10H3/t20-,25+,28-/m1/s1. The molecule has 0 bridgehead atoms. The first-order valence-corrected chi connectivity index (χ1v) is 21.0. The van der Waals surface area contributed by atoms with Crippen LogP contribution in [0.2, 0.25) is 18.1 Å². The molecule has 0 radical (unpaired) electrons. The number of rotatable bonds is 13. The average molecular weight is 734 g/mol. The molecule has 1 aromatic carbocycles. The van der Waals surface area contributed by atoms with Crippen LogP contribution in [0.15, 0.2) is 46.5 Å². The zero-order valence-corrected chi connectivity index (χ0v) is 32.4. The quantitative estimate of drug-likeness (QED) is 0.0374. The summed E-state index contributed by atoms with van der Waals surface area (Å²) >= 11 is 3.25. The topological polar surface area (TPSA) is 149 Å². The highest BCUT2D eigenvalue weighted by Gasteiger charge is 2.56. The van der Waals surface area contributed by atoms with Crippen molar-refractivity contribution in [2.45, 2.75) is 91.6 Å². The summed E-state index contributed by atoms with van der Waals surface area (Å²) in [5.74, 6) is -1.17. The summed E-state index contributed by atoms with van der Waals surface area (Å²) < 4.78 is 18.5. The smallest absolute Gasteiger partial charge is 0.359 e. The van der Waals surface area contributed by atoms with E-state index >= 15 is 0 Å². The fraction of sp³-hybridized carbons (Fsp3) is 0.515. The van der Waals surface area contributed by atoms with Gasteiger partial charge in [0.25, 0.3) is 5.69 Å². The Morgan fingerprint density at radius 3 is 2.29 bits per heavy atom. The van der Waals surface area contributed by atoms with E-state index in [1.807, 2.05) is 13.8 Å². The third-order valence-electron chi connectivity index (χ3n) is 8.09. The van der Waals surface area contributed by atoms with Crippen molar-refractivity contribution in [3.8, 4) is 11.8 Å². The number of carbonyl (C=O) groups is 3. The van der Waals surface area contributed by atoms with Crippen LogP contribution in [-0.4, -0.2) is 52.4 Å². The number of hydrogen-bond donors (Lipinski definition) is 0. The highest BCUT2D eigenvalue weighted by atomic mass is 32.2. The summed E-state index contributed by atoms with van der Waals surface area (Å²) in [4.78, 5) is 53.9. The van der Waals surface area contributed by atoms with E-state index in [4.69, 9.17) is 13.9 Å². The van der Waals surface area contributed by atoms with Crippen molar-refractivity contribution in [3.05, 3.63) is 67.1 Å². The Balaban J connectivity index is 2.14. The summed E-state index contributed by atoms with van der Waals surface area (Å²) in [5.41, 5.74) is -0.762. The molecule has 1 fully saturated rings. The number of carbonyl (C=O) groups excluding carboxylic acids is 3. The largest absolute Gasteiger partial charge is 0.456 e. The van der Waals surface area contributed by atoms with Crippen molar-refractivity contribution in [1.29, 1.82) is 5.26 Å². The lowest BCUT2D eigenvalue weighted by molar-refractivity contribution is -0.384. The summed E-state index contributed by atoms with van der Waals surface area (Å²) in [6.45, 7) is 19.3. The SMILES string of the molecule is CCS[C@@H]1[C@@H]([C@@H](C)O[Si](C)(C)C(C)(C)C)C(=O)N1C(C(=O)OCc1ccc([N+](=O)[O-])cc1)=C(Oc1ccsc1C#N)SC(=O)C(C)(C)C. The van der Waals surface area contributed by atoms with Gasteiger partial charge >= 0.3 is 5.97 Å². The van der Waals surface area contributed by atoms with E-state index in [0.29, 0.717) is 23.1 Å². The molecule has 0 spiro atoms. The van der Waals surface area contributed by atoms with Gasteiger partial charge in [0, 0.05) is 17.5 Å². The van der Waals surface area contributed by atoms with Gasteiger partial charge in [-0.3, -0.25) is 24.6 Å². The molecule has 11 nitrogen and oxygen atoms in total. The van der Waals surface area contributed by atoms with Gasteiger partial charge in [-0.25, -0.2) is 4.79 Å². The Bertz CT molecular complexity index is 1600. The summed E-state index contributed by atoms with van der Waals surface area (Å²) in [5, 5.41) is 21.3. The Kier molecular flexibility index (Phi) is 12.8. The van der Waals surface area contributed by atoms with Crippen LogP contribution in [0.5, 0.6) is 5.75 Å². The van der Waals surface area contributed by atoms with Crippen molar-refractivity contribution >= 4 is 65.9 Å². The van der Waals surface area contributed by atoms with E-state index in [1.54, 1.807) is 32.2 Å². The van der Waals surface area contributed by atoms with E-state index in [2.05, 4.69) is 39.9 Å². The van der Waals surface area contributed by atoms with Gasteiger partial charge < -0.3 is 13.9 Å². The number of nitrogens with zero attached hydrogens (tertiary/aromatic N) is 3. The number of non-ortho nitro benzene ring substituents is 1. The number of thiophene rings is 1. The van der Waals surface area contributed by atoms with Gasteiger partial charge in [-0.15, -0.1) is 23.1 Å². The van der Waals surface area contributed by atoms with Crippen molar-refractivity contribution in [2.24, 2.45) is 11.3 Å². The van der Waals surface area contributed by atoms with Crippen LogP contribution in [0.3, 0.4) is 0 Å². The summed E-state index contributed by atoms with van der Waals surface area (Å²) in [6.07, 6.45) is -0.466. The fourth-order valence-corrected chi connectivity index (χ4v) is 8.51. The molecule has 1 saturated heterocycles. The summed E-state index contributed by atoms with van der Waals surface area (Å²) in [6, 6.07) is 9.15. The van der Waals surface area contributed by atoms with Crippen LogP contribution in [0.4, 0.5) is 5.69 Å². The third kappa shape index (κ3) is 9.09. The lowest BCUT2D eigenvalue weighted by Gasteiger charge is -2.51. The third-order valence-corrected chi connectivity index (χ3v) is 15.9. The van der Waals surface area contributed by atoms with Gasteiger partial charge in [-0.1, -0.05) is 48.5 Å². The van der Waals surface area contributed by atoms with E-state index in [-0.39, 0.29) is 49.8 Å². The molecule has 15 heteroatoms. The van der Waals surface area contributed by atoms with Gasteiger partial charge in [0.1, 0.15) is 17.6 Å². The predicted octanol–water partition coefficient (Wildman–Crippen LogP) is 8.07. The van der Waals surface area contributed by atoms with Gasteiger partial charge in [-0.2, -0.15) is 5.26 Å². The highest BCUT2D eigenvalue weighted by molar-refractivity contribution is 8.16. The molecule has 1 amide bonds. The van der Waals surface area contributed by atoms with Crippen LogP contribution in [0, 0.1) is 32.8 Å².